The summed E-state index contributed by atoms with van der Waals surface area (Å²) in [6, 6.07) is 7.81. The number of halogens is 1. The van der Waals surface area contributed by atoms with Crippen molar-refractivity contribution >= 4 is 11.7 Å². The van der Waals surface area contributed by atoms with Crippen LogP contribution in [0.1, 0.15) is 32.8 Å². The van der Waals surface area contributed by atoms with Crippen LogP contribution in [0.4, 0.5) is 9.18 Å². The topological polar surface area (TPSA) is 60.9 Å². The molecule has 1 aliphatic heterocycles. The molecule has 29 heavy (non-hydrogen) atoms. The van der Waals surface area contributed by atoms with Crippen LogP contribution in [0.5, 0.6) is 17.4 Å². The van der Waals surface area contributed by atoms with Crippen LogP contribution in [0.15, 0.2) is 42.6 Å². The molecule has 0 atom stereocenters. The second kappa shape index (κ2) is 8.51. The lowest BCUT2D eigenvalue weighted by atomic mass is 10.0. The number of aromatic nitrogens is 1. The fourth-order valence-electron chi connectivity index (χ4n) is 2.95. The Balaban J connectivity index is 1.79. The van der Waals surface area contributed by atoms with Gasteiger partial charge in [-0.25, -0.2) is 14.2 Å². The zero-order chi connectivity index (χ0) is 21.0. The van der Waals surface area contributed by atoms with E-state index in [-0.39, 0.29) is 11.8 Å². The molecule has 1 amide bonds. The largest absolute Gasteiger partial charge is 0.493 e. The molecule has 0 bridgehead atoms. The fourth-order valence-corrected chi connectivity index (χ4v) is 2.95. The van der Waals surface area contributed by atoms with E-state index in [4.69, 9.17) is 14.2 Å². The quantitative estimate of drug-likeness (QED) is 0.719. The lowest BCUT2D eigenvalue weighted by molar-refractivity contribution is 0.0270. The van der Waals surface area contributed by atoms with Gasteiger partial charge in [-0.3, -0.25) is 0 Å². The number of pyridine rings is 1. The molecule has 1 aromatic carbocycles. The maximum Gasteiger partial charge on any atom is 0.410 e. The molecule has 0 unspecified atom stereocenters. The van der Waals surface area contributed by atoms with Gasteiger partial charge in [0.1, 0.15) is 11.4 Å². The second-order valence-electron chi connectivity index (χ2n) is 7.66. The van der Waals surface area contributed by atoms with Crippen molar-refractivity contribution < 1.29 is 23.4 Å². The molecule has 0 fully saturated rings. The van der Waals surface area contributed by atoms with E-state index in [9.17, 15) is 9.18 Å². The summed E-state index contributed by atoms with van der Waals surface area (Å²) < 4.78 is 30.0. The van der Waals surface area contributed by atoms with Crippen LogP contribution in [0.3, 0.4) is 0 Å². The van der Waals surface area contributed by atoms with Gasteiger partial charge in [-0.1, -0.05) is 6.08 Å². The number of rotatable bonds is 4. The molecule has 2 heterocycles. The average Bonchev–Trinajstić information content (AvgIpc) is 2.68. The Morgan fingerprint density at radius 3 is 2.66 bits per heavy atom. The van der Waals surface area contributed by atoms with Crippen LogP contribution in [-0.2, 0) is 4.74 Å². The highest BCUT2D eigenvalue weighted by atomic mass is 19.1. The number of ether oxygens (including phenoxy) is 3. The van der Waals surface area contributed by atoms with E-state index in [2.05, 4.69) is 4.98 Å². The maximum absolute atomic E-state index is 13.4. The summed E-state index contributed by atoms with van der Waals surface area (Å²) in [6.07, 6.45) is 3.92. The van der Waals surface area contributed by atoms with Crippen molar-refractivity contribution in [3.05, 3.63) is 54.0 Å². The normalized spacial score (nSPS) is 14.2. The zero-order valence-electron chi connectivity index (χ0n) is 17.1. The Bertz CT molecular complexity index is 921. The number of benzene rings is 1. The smallest absolute Gasteiger partial charge is 0.410 e. The molecular formula is C22H25FN2O4. The van der Waals surface area contributed by atoms with E-state index in [1.165, 1.54) is 25.3 Å². The third-order valence-corrected chi connectivity index (χ3v) is 4.31. The fraction of sp³-hybridized carbons (Fsp3) is 0.364. The highest BCUT2D eigenvalue weighted by molar-refractivity contribution is 5.74. The molecule has 0 saturated carbocycles. The Morgan fingerprint density at radius 1 is 1.21 bits per heavy atom. The molecule has 1 aromatic heterocycles. The van der Waals surface area contributed by atoms with Gasteiger partial charge in [-0.2, -0.15) is 0 Å². The number of carbonyl (C=O) groups excluding carboxylic acids is 1. The molecule has 3 rings (SSSR count). The summed E-state index contributed by atoms with van der Waals surface area (Å²) in [6.45, 7) is 6.52. The Kier molecular flexibility index (Phi) is 6.06. The molecule has 2 aromatic rings. The van der Waals surface area contributed by atoms with Crippen LogP contribution in [-0.4, -0.2) is 41.8 Å². The zero-order valence-corrected chi connectivity index (χ0v) is 17.1. The summed E-state index contributed by atoms with van der Waals surface area (Å²) in [5.41, 5.74) is 1.32. The first-order chi connectivity index (χ1) is 13.8. The van der Waals surface area contributed by atoms with Gasteiger partial charge >= 0.3 is 6.09 Å². The average molecular weight is 400 g/mol. The molecule has 154 valence electrons. The third kappa shape index (κ3) is 5.25. The summed E-state index contributed by atoms with van der Waals surface area (Å²) in [7, 11) is 1.45. The van der Waals surface area contributed by atoms with Gasteiger partial charge in [0.2, 0.25) is 5.88 Å². The molecule has 6 nitrogen and oxygen atoms in total. The lowest BCUT2D eigenvalue weighted by Crippen LogP contribution is -2.39. The minimum absolute atomic E-state index is 0.287. The number of hydrogen-bond acceptors (Lipinski definition) is 5. The van der Waals surface area contributed by atoms with Gasteiger partial charge in [0.25, 0.3) is 0 Å². The second-order valence-corrected chi connectivity index (χ2v) is 7.66. The standard InChI is InChI=1S/C22H25FN2O4/c1-22(2,3)29-21(26)25-12-9-15(10-13-25)17-6-5-11-24-20(17)28-18-8-7-16(23)14-19(18)27-4/h5-9,11,14H,10,12-13H2,1-4H3. The van der Waals surface area contributed by atoms with Gasteiger partial charge in [0.05, 0.1) is 7.11 Å². The van der Waals surface area contributed by atoms with Crippen molar-refractivity contribution in [2.24, 2.45) is 0 Å². The van der Waals surface area contributed by atoms with E-state index in [1.807, 2.05) is 39.0 Å². The molecule has 0 spiro atoms. The van der Waals surface area contributed by atoms with E-state index in [0.717, 1.165) is 11.1 Å². The summed E-state index contributed by atoms with van der Waals surface area (Å²) in [5.74, 6) is 0.651. The third-order valence-electron chi connectivity index (χ3n) is 4.31. The van der Waals surface area contributed by atoms with Gasteiger partial charge in [0.15, 0.2) is 11.5 Å². The number of methoxy groups -OCH3 is 1. The minimum Gasteiger partial charge on any atom is -0.493 e. The highest BCUT2D eigenvalue weighted by Crippen LogP contribution is 2.36. The Labute approximate surface area is 169 Å². The van der Waals surface area contributed by atoms with Crippen LogP contribution in [0.2, 0.25) is 0 Å². The SMILES string of the molecule is COc1cc(F)ccc1Oc1ncccc1C1=CCN(C(=O)OC(C)(C)C)CC1. The predicted octanol–water partition coefficient (Wildman–Crippen LogP) is 5.05. The highest BCUT2D eigenvalue weighted by Gasteiger charge is 2.25. The van der Waals surface area contributed by atoms with Crippen LogP contribution in [0.25, 0.3) is 5.57 Å². The summed E-state index contributed by atoms with van der Waals surface area (Å²) >= 11 is 0. The summed E-state index contributed by atoms with van der Waals surface area (Å²) in [4.78, 5) is 18.2. The predicted molar refractivity (Wildman–Crippen MR) is 108 cm³/mol. The first-order valence-electron chi connectivity index (χ1n) is 9.40. The number of amides is 1. The van der Waals surface area contributed by atoms with Gasteiger partial charge in [-0.15, -0.1) is 0 Å². The number of nitrogens with zero attached hydrogens (tertiary/aromatic N) is 2. The van der Waals surface area contributed by atoms with Crippen molar-refractivity contribution in [3.8, 4) is 17.4 Å². The van der Waals surface area contributed by atoms with E-state index in [0.29, 0.717) is 31.1 Å². The van der Waals surface area contributed by atoms with Crippen molar-refractivity contribution in [2.75, 3.05) is 20.2 Å². The Morgan fingerprint density at radius 2 is 2.00 bits per heavy atom. The summed E-state index contributed by atoms with van der Waals surface area (Å²) in [5, 5.41) is 0. The van der Waals surface area contributed by atoms with Gasteiger partial charge in [0, 0.05) is 30.9 Å². The Hall–Kier alpha value is -3.09. The number of hydrogen-bond donors (Lipinski definition) is 0. The van der Waals surface area contributed by atoms with Crippen LogP contribution < -0.4 is 9.47 Å². The molecule has 0 saturated heterocycles. The molecule has 0 radical (unpaired) electrons. The first kappa shape index (κ1) is 20.6. The van der Waals surface area contributed by atoms with E-state index >= 15 is 0 Å². The van der Waals surface area contributed by atoms with E-state index in [1.54, 1.807) is 11.1 Å². The number of carbonyl (C=O) groups is 1. The molecular weight excluding hydrogens is 375 g/mol. The molecule has 7 heteroatoms. The monoisotopic (exact) mass is 400 g/mol. The van der Waals surface area contributed by atoms with E-state index < -0.39 is 11.4 Å². The van der Waals surface area contributed by atoms with Gasteiger partial charge in [-0.05, 0) is 57.0 Å². The lowest BCUT2D eigenvalue weighted by Gasteiger charge is -2.29. The minimum atomic E-state index is -0.528. The molecule has 1 aliphatic rings. The van der Waals surface area contributed by atoms with Crippen molar-refractivity contribution in [1.29, 1.82) is 0 Å². The maximum atomic E-state index is 13.4. The van der Waals surface area contributed by atoms with Crippen molar-refractivity contribution in [1.82, 2.24) is 9.88 Å². The van der Waals surface area contributed by atoms with Crippen molar-refractivity contribution in [2.45, 2.75) is 32.8 Å². The first-order valence-corrected chi connectivity index (χ1v) is 9.40. The molecule has 0 N–H and O–H groups in total. The van der Waals surface area contributed by atoms with Gasteiger partial charge < -0.3 is 19.1 Å². The van der Waals surface area contributed by atoms with Crippen molar-refractivity contribution in [3.63, 3.8) is 0 Å². The van der Waals surface area contributed by atoms with Crippen LogP contribution in [0, 0.1) is 5.82 Å². The molecule has 0 aliphatic carbocycles. The van der Waals surface area contributed by atoms with Crippen LogP contribution >= 0.6 is 0 Å².